The van der Waals surface area contributed by atoms with Crippen LogP contribution in [0.15, 0.2) is 313 Å². The summed E-state index contributed by atoms with van der Waals surface area (Å²) in [7, 11) is 0. The van der Waals surface area contributed by atoms with Gasteiger partial charge in [0.15, 0.2) is 5.65 Å². The molecule has 0 aromatic heterocycles. The first-order valence-corrected chi connectivity index (χ1v) is 29.7. The minimum absolute atomic E-state index is 0. The Labute approximate surface area is 710 Å². The molecule has 0 bridgehead atoms. The van der Waals surface area contributed by atoms with Gasteiger partial charge in [0, 0.05) is 69.6 Å². The fourth-order valence-electron chi connectivity index (χ4n) is 9.07. The predicted molar refractivity (Wildman–Crippen MR) is 427 cm³/mol. The summed E-state index contributed by atoms with van der Waals surface area (Å²) >= 11 is 2.92. The zero-order chi connectivity index (χ0) is 122. The predicted octanol–water partition coefficient (Wildman–Crippen LogP) is 18.6. The van der Waals surface area contributed by atoms with Crippen LogP contribution >= 0.6 is 15.9 Å². The standard InChI is InChI=1S/C37H28N2.C13H12N2.2C13H11N.C6H5Br.C4H9O.C3H6.2H3N.Na.H2O/c1-5-13-30(14-6-1)38(31-15-7-2-8-16-31)34-21-23-36-28(26-34)25-29-27-35(22-24-37(29)36)39(32-17-9-3-10-18-32)33-19-11-4-12-20-33;14-10-1-3-12-8(6-10)5-9-7-11(15)2-4-13(9)12;2*14-11-5-6-13-10(8-11)7-9-3-1-2-4-12(9)13;7-6-4-2-1-3-5-6;1-4(2,3)5;1-2-3-1;;;;/h1-24,26-27H,25H2;1-4,6-7H,5,14-15H2;2*1-6,8H,7,14H2;1-5H;1-3H3;1-3H2;2*1H3;;1H2/q;;;;;-1;;;;+1;/i1D,2D,3D,4D,5D,6D,7D,8D,9D,10D,11D,12D,13D,14D,15D,16D,17D,18D,19D,20D,21D,22D,23D,24D,25D2,26D,27D;;2*1D,2D,3D,4D,5D,6D,7D2,8D;1D,2D,3D,4D,5D;;;;;;/hD8. The van der Waals surface area contributed by atoms with E-state index in [1.807, 2.05) is 24.3 Å². The van der Waals surface area contributed by atoms with Gasteiger partial charge in [0.25, 0.3) is 0 Å². The summed E-state index contributed by atoms with van der Waals surface area (Å²) in [4.78, 5) is 0.733. The SMILES string of the molecule is C1CC1.CC(C)(C)[O-].Nc1ccc2c(c1)Cc1cc(N)ccc1-2.[2H]N.[2H]N.[2H]O[2H].[2H]c1c([2H])c([2H])c(Br)c([2H])c1[2H].[2H]c1c([2H])c([2H])c(N(c2c([2H])c([2H])c([2H])c([2H])c2[2H])c2c([2H])c([2H])c3c(c2[2H])C([2H])([2H])c2c([2H])c(N(c4c([2H])c([2H])c([2H])c([2H])c4[2H])c4c([2H])c([2H])c([2H])c([2H])c4[2H])c([2H])c([2H])c2-3)c([2H])c1[2H].[2H]c1c([2H])c([2H])c2c(c1[2H])-c1c([2H])c([2H])c(N([2H])[2H])c([2H])c1C2([2H])[2H].[2H]c1c([2H])c([2H])c2c(c1[2H])-c1c([2H])c([2H])c(N([2H])[2H])c([2H])c1C2([2H])[2H].[Na+]. The Morgan fingerprint density at radius 2 is 0.673 bits per heavy atom. The van der Waals surface area contributed by atoms with E-state index in [-0.39, 0.29) is 97.9 Å². The van der Waals surface area contributed by atoms with Crippen LogP contribution in [0.25, 0.3) is 44.5 Å². The topological polar surface area (TPSA) is 235 Å². The van der Waals surface area contributed by atoms with Crippen molar-refractivity contribution in [1.29, 1.82) is 2.86 Å². The van der Waals surface area contributed by atoms with Gasteiger partial charge >= 0.3 is 29.6 Å². The first-order chi connectivity index (χ1) is 73.4. The van der Waals surface area contributed by atoms with E-state index in [1.165, 1.54) is 41.5 Å². The van der Waals surface area contributed by atoms with Crippen LogP contribution in [0, 0.1) is 0 Å². The van der Waals surface area contributed by atoms with Gasteiger partial charge in [-0.05, 0) is 248 Å². The summed E-state index contributed by atoms with van der Waals surface area (Å²) in [5.41, 5.74) is 6.76. The normalized spacial score (nSPS) is 21.0. The Kier molecular flexibility index (Phi) is 10.6. The van der Waals surface area contributed by atoms with Crippen molar-refractivity contribution in [2.45, 2.75) is 71.2 Å². The second-order valence-corrected chi connectivity index (χ2v) is 22.2. The number of rotatable bonds is 8. The molecular formula is C89H90BrN8NaO2. The van der Waals surface area contributed by atoms with Gasteiger partial charge in [0.05, 0.1) is 61.7 Å². The molecule has 10 nitrogen and oxygen atoms in total. The van der Waals surface area contributed by atoms with Crippen LogP contribution < -0.4 is 79.7 Å². The Morgan fingerprint density at radius 1 is 0.386 bits per heavy atom. The Morgan fingerprint density at radius 3 is 1.01 bits per heavy atom. The molecule has 0 spiro atoms. The average Bonchev–Trinajstić information content (AvgIpc) is 1.51. The molecule has 13 aromatic carbocycles. The molecule has 1 saturated carbocycles. The van der Waals surface area contributed by atoms with Crippen molar-refractivity contribution in [3.63, 3.8) is 0 Å². The Balaban J connectivity index is 0.000000270. The number of nitrogens with two attached hydrogens (primary N) is 4. The molecule has 16 N–H and O–H groups in total. The third-order valence-electron chi connectivity index (χ3n) is 13.1. The molecule has 5 aliphatic carbocycles. The third-order valence-corrected chi connectivity index (χ3v) is 13.5. The molecule has 0 heterocycles. The van der Waals surface area contributed by atoms with E-state index < -0.39 is 356 Å². The zero-order valence-electron chi connectivity index (χ0n) is 113. The maximum atomic E-state index is 10.1. The molecule has 0 aliphatic heterocycles. The van der Waals surface area contributed by atoms with Crippen molar-refractivity contribution in [2.24, 2.45) is 0 Å². The van der Waals surface area contributed by atoms with E-state index in [1.54, 1.807) is 20.8 Å². The van der Waals surface area contributed by atoms with Crippen LogP contribution in [0.2, 0.25) is 8.47 Å². The molecule has 0 radical (unpaired) electrons. The Hall–Kier alpha value is -10.0. The van der Waals surface area contributed by atoms with Gasteiger partial charge in [-0.3, -0.25) is 0 Å². The molecule has 1 fully saturated rings. The van der Waals surface area contributed by atoms with E-state index in [0.29, 0.717) is 9.80 Å². The number of hydrogen-bond acceptors (Lipinski definition) is 9. The minimum Gasteiger partial charge on any atom is -0.850 e. The number of anilines is 10. The summed E-state index contributed by atoms with van der Waals surface area (Å²) < 4.78 is 477. The van der Waals surface area contributed by atoms with Crippen molar-refractivity contribution in [1.82, 2.24) is 12.3 Å². The van der Waals surface area contributed by atoms with Crippen LogP contribution in [-0.2, 0) is 25.5 Å². The number of hydrogen-bond donors (Lipinski definition) is 6. The molecular weight excluding hydrogens is 1320 g/mol. The van der Waals surface area contributed by atoms with Gasteiger partial charge in [0.2, 0.25) is 2.86 Å². The average molecular weight is 1470 g/mol. The van der Waals surface area contributed by atoms with Crippen LogP contribution in [0.5, 0.6) is 0 Å². The van der Waals surface area contributed by atoms with E-state index in [4.69, 9.17) is 81.7 Å². The number of nitrogens with zero attached hydrogens (tertiary/aromatic N) is 2. The summed E-state index contributed by atoms with van der Waals surface area (Å²) in [5.74, 6) is 0. The number of fused-ring (bicyclic) bond motifs is 12. The number of halogens is 1. The van der Waals surface area contributed by atoms with E-state index in [2.05, 4.69) is 45.8 Å². The first kappa shape index (κ1) is 29.9. The van der Waals surface area contributed by atoms with E-state index in [9.17, 15) is 16.1 Å². The fraction of sp³-hybridized carbons (Fsp3) is 0.124. The maximum absolute atomic E-state index is 10.1. The van der Waals surface area contributed by atoms with Gasteiger partial charge in [-0.2, -0.15) is 0 Å². The molecule has 101 heavy (non-hydrogen) atoms. The third kappa shape index (κ3) is 19.9. The monoisotopic (exact) mass is 1460 g/mol. The first-order valence-electron chi connectivity index (χ1n) is 58.2. The summed E-state index contributed by atoms with van der Waals surface area (Å²) in [6.45, 7) is 4.90. The molecule has 0 unspecified atom stereocenters. The van der Waals surface area contributed by atoms with Crippen LogP contribution in [0.1, 0.15) is 154 Å². The fourth-order valence-corrected chi connectivity index (χ4v) is 9.27. The molecule has 5 aliphatic rings. The van der Waals surface area contributed by atoms with Crippen molar-refractivity contribution >= 4 is 72.8 Å². The van der Waals surface area contributed by atoms with Gasteiger partial charge in [0.1, 0.15) is 2.82 Å². The van der Waals surface area contributed by atoms with Crippen LogP contribution in [0.4, 0.5) is 56.9 Å². The van der Waals surface area contributed by atoms with E-state index in [0.717, 1.165) is 17.8 Å². The van der Waals surface area contributed by atoms with Crippen molar-refractivity contribution in [3.8, 4) is 44.5 Å². The van der Waals surface area contributed by atoms with E-state index >= 15 is 0 Å². The smallest absolute Gasteiger partial charge is 0.850 e. The van der Waals surface area contributed by atoms with Gasteiger partial charge in [-0.15, -0.1) is 5.60 Å². The number of benzene rings is 13. The largest absolute Gasteiger partial charge is 1.00 e. The van der Waals surface area contributed by atoms with Gasteiger partial charge < -0.3 is 55.6 Å². The quantitative estimate of drug-likeness (QED) is 0.0626. The van der Waals surface area contributed by atoms with Crippen LogP contribution in [-0.4, -0.2) is 13.9 Å². The zero-order valence-corrected chi connectivity index (χ0v) is 57.2. The maximum Gasteiger partial charge on any atom is 1.00 e. The summed E-state index contributed by atoms with van der Waals surface area (Å²) in [6, 6.07) is -25.6. The van der Waals surface area contributed by atoms with Crippen LogP contribution in [0.3, 0.4) is 0 Å². The molecule has 0 amide bonds. The Bertz CT molecular complexity index is 7290. The molecule has 0 atom stereocenters. The van der Waals surface area contributed by atoms with Gasteiger partial charge in [-0.25, -0.2) is 0 Å². The second kappa shape index (κ2) is 35.8. The van der Waals surface area contributed by atoms with Gasteiger partial charge in [-0.1, -0.05) is 231 Å². The minimum atomic E-state index is -3.37. The molecule has 0 saturated heterocycles. The molecule has 506 valence electrons. The number of nitrogen functional groups attached to an aromatic ring is 4. The van der Waals surface area contributed by atoms with Crippen molar-refractivity contribution in [3.05, 3.63) is 357 Å². The van der Waals surface area contributed by atoms with Crippen molar-refractivity contribution in [2.75, 3.05) is 32.7 Å². The molecule has 13 aromatic rings. The molecule has 18 rings (SSSR count). The summed E-state index contributed by atoms with van der Waals surface area (Å²) in [6.07, 6.45) is 4.53. The molecule has 12 heteroatoms. The van der Waals surface area contributed by atoms with Crippen molar-refractivity contribution < 1.29 is 119 Å². The summed E-state index contributed by atoms with van der Waals surface area (Å²) in [5, 5.41) is 10.1. The second-order valence-electron chi connectivity index (χ2n) is 21.5. The number of para-hydroxylation sites is 4.